The van der Waals surface area contributed by atoms with Crippen LogP contribution in [0.25, 0.3) is 0 Å². The molecule has 1 saturated carbocycles. The van der Waals surface area contributed by atoms with Gasteiger partial charge >= 0.3 is 0 Å². The molecule has 3 heteroatoms. The predicted molar refractivity (Wildman–Crippen MR) is 69.4 cm³/mol. The summed E-state index contributed by atoms with van der Waals surface area (Å²) in [7, 11) is 8.39. The number of rotatable bonds is 0. The van der Waals surface area contributed by atoms with Crippen LogP contribution >= 0.6 is 12.2 Å². The second kappa shape index (κ2) is 4.08. The van der Waals surface area contributed by atoms with Crippen LogP contribution in [0.2, 0.25) is 5.31 Å². The summed E-state index contributed by atoms with van der Waals surface area (Å²) in [6.07, 6.45) is 6.06. The minimum absolute atomic E-state index is 0.0471. The quantitative estimate of drug-likeness (QED) is 0.457. The van der Waals surface area contributed by atoms with Gasteiger partial charge in [-0.05, 0) is 25.2 Å². The monoisotopic (exact) mass is 221 g/mol. The molecule has 1 aliphatic carbocycles. The van der Waals surface area contributed by atoms with Crippen LogP contribution in [0.15, 0.2) is 0 Å². The van der Waals surface area contributed by atoms with E-state index in [1.165, 1.54) is 30.7 Å². The number of nitrogens with zero attached hydrogens (tertiary/aromatic N) is 1. The normalized spacial score (nSPS) is 42.3. The van der Waals surface area contributed by atoms with Gasteiger partial charge in [0.05, 0.1) is 12.8 Å². The highest BCUT2D eigenvalue weighted by Gasteiger charge is 2.36. The van der Waals surface area contributed by atoms with Gasteiger partial charge in [0.25, 0.3) is 0 Å². The molecule has 2 aliphatic rings. The van der Waals surface area contributed by atoms with Crippen molar-refractivity contribution in [3.05, 3.63) is 0 Å². The van der Waals surface area contributed by atoms with Gasteiger partial charge in [-0.15, -0.1) is 0 Å². The largest absolute Gasteiger partial charge is 0.369 e. The molecule has 15 heavy (non-hydrogen) atoms. The molecule has 0 aromatic carbocycles. The Bertz CT molecular complexity index is 264. The first-order chi connectivity index (χ1) is 6.99. The zero-order valence-electron chi connectivity index (χ0n) is 9.83. The molecule has 3 unspecified atom stereocenters. The minimum Gasteiger partial charge on any atom is -0.369 e. The molecule has 1 aliphatic heterocycles. The molecule has 0 spiro atoms. The summed E-state index contributed by atoms with van der Waals surface area (Å²) in [5.41, 5.74) is 0. The van der Waals surface area contributed by atoms with Crippen molar-refractivity contribution in [1.29, 1.82) is 0 Å². The number of hydrogen-bond acceptors (Lipinski definition) is 1. The fourth-order valence-corrected chi connectivity index (χ4v) is 3.39. The third-order valence-electron chi connectivity index (χ3n) is 4.21. The van der Waals surface area contributed by atoms with Crippen LogP contribution in [-0.4, -0.2) is 31.3 Å². The SMILES string of the molecule is [B]C1(C)CCC2CCN(C)C(=S)C2CC1. The second-order valence-corrected chi connectivity index (χ2v) is 6.06. The summed E-state index contributed by atoms with van der Waals surface area (Å²) in [5.74, 6) is 1.43. The highest BCUT2D eigenvalue weighted by molar-refractivity contribution is 7.80. The average molecular weight is 221 g/mol. The van der Waals surface area contributed by atoms with E-state index in [1.807, 2.05) is 0 Å². The van der Waals surface area contributed by atoms with Crippen molar-refractivity contribution in [3.8, 4) is 0 Å². The van der Waals surface area contributed by atoms with Crippen LogP contribution in [-0.2, 0) is 0 Å². The molecule has 2 rings (SSSR count). The van der Waals surface area contributed by atoms with Gasteiger partial charge < -0.3 is 4.90 Å². The number of likely N-dealkylation sites (tertiary alicyclic amines) is 1. The second-order valence-electron chi connectivity index (χ2n) is 5.65. The van der Waals surface area contributed by atoms with E-state index in [4.69, 9.17) is 20.1 Å². The first-order valence-electron chi connectivity index (χ1n) is 6.03. The number of piperidine rings is 1. The zero-order chi connectivity index (χ0) is 11.1. The zero-order valence-corrected chi connectivity index (χ0v) is 10.6. The summed E-state index contributed by atoms with van der Waals surface area (Å²) in [4.78, 5) is 3.44. The van der Waals surface area contributed by atoms with Crippen LogP contribution in [0, 0.1) is 11.8 Å². The van der Waals surface area contributed by atoms with Crippen LogP contribution in [0.5, 0.6) is 0 Å². The molecule has 1 saturated heterocycles. The molecule has 1 nitrogen and oxygen atoms in total. The van der Waals surface area contributed by atoms with Crippen molar-refractivity contribution < 1.29 is 0 Å². The van der Waals surface area contributed by atoms with E-state index in [0.29, 0.717) is 5.92 Å². The number of thiocarbonyl (C=S) groups is 1. The van der Waals surface area contributed by atoms with E-state index >= 15 is 0 Å². The van der Waals surface area contributed by atoms with Crippen LogP contribution < -0.4 is 0 Å². The first-order valence-corrected chi connectivity index (χ1v) is 6.44. The summed E-state index contributed by atoms with van der Waals surface area (Å²) in [6, 6.07) is 0. The summed E-state index contributed by atoms with van der Waals surface area (Å²) in [5, 5.41) is 0.0471. The van der Waals surface area contributed by atoms with E-state index in [9.17, 15) is 0 Å². The third kappa shape index (κ3) is 2.38. The Morgan fingerprint density at radius 1 is 1.33 bits per heavy atom. The molecule has 2 fully saturated rings. The molecule has 0 aromatic heterocycles. The fourth-order valence-electron chi connectivity index (χ4n) is 2.99. The van der Waals surface area contributed by atoms with Gasteiger partial charge in [-0.3, -0.25) is 0 Å². The van der Waals surface area contributed by atoms with Gasteiger partial charge in [0, 0.05) is 19.5 Å². The maximum Gasteiger partial charge on any atom is 0.0810 e. The summed E-state index contributed by atoms with van der Waals surface area (Å²) >= 11 is 5.55. The lowest BCUT2D eigenvalue weighted by Gasteiger charge is -2.37. The Hall–Kier alpha value is -0.0451. The minimum atomic E-state index is 0.0471. The molecule has 0 bridgehead atoms. The Morgan fingerprint density at radius 2 is 2.00 bits per heavy atom. The maximum absolute atomic E-state index is 6.26. The maximum atomic E-state index is 6.26. The molecule has 0 N–H and O–H groups in total. The van der Waals surface area contributed by atoms with E-state index in [1.54, 1.807) is 0 Å². The summed E-state index contributed by atoms with van der Waals surface area (Å²) < 4.78 is 0. The molecule has 3 atom stereocenters. The lowest BCUT2D eigenvalue weighted by Crippen LogP contribution is -2.41. The Morgan fingerprint density at radius 3 is 2.73 bits per heavy atom. The smallest absolute Gasteiger partial charge is 0.0810 e. The Labute approximate surface area is 100 Å². The van der Waals surface area contributed by atoms with Crippen molar-refractivity contribution in [2.45, 2.75) is 44.3 Å². The van der Waals surface area contributed by atoms with Gasteiger partial charge in [0.15, 0.2) is 0 Å². The molecule has 1 heterocycles. The highest BCUT2D eigenvalue weighted by Crippen LogP contribution is 2.45. The molecule has 0 amide bonds. The lowest BCUT2D eigenvalue weighted by atomic mass is 9.65. The van der Waals surface area contributed by atoms with Crippen LogP contribution in [0.3, 0.4) is 0 Å². The van der Waals surface area contributed by atoms with Crippen LogP contribution in [0.4, 0.5) is 0 Å². The van der Waals surface area contributed by atoms with Crippen LogP contribution in [0.1, 0.15) is 39.0 Å². The first kappa shape index (κ1) is 11.4. The van der Waals surface area contributed by atoms with E-state index < -0.39 is 0 Å². The standard InChI is InChI=1S/C12H20BNS/c1-12(13)6-3-9-5-8-14(2)11(15)10(9)4-7-12/h9-10H,3-8H2,1-2H3. The lowest BCUT2D eigenvalue weighted by molar-refractivity contribution is 0.273. The van der Waals surface area contributed by atoms with E-state index in [0.717, 1.165) is 18.9 Å². The van der Waals surface area contributed by atoms with Crippen molar-refractivity contribution in [2.24, 2.45) is 11.8 Å². The van der Waals surface area contributed by atoms with Gasteiger partial charge in [0.1, 0.15) is 0 Å². The average Bonchev–Trinajstić information content (AvgIpc) is 2.32. The van der Waals surface area contributed by atoms with E-state index in [-0.39, 0.29) is 5.31 Å². The van der Waals surface area contributed by atoms with Gasteiger partial charge in [-0.25, -0.2) is 0 Å². The molecular weight excluding hydrogens is 201 g/mol. The van der Waals surface area contributed by atoms with Gasteiger partial charge in [-0.2, -0.15) is 0 Å². The highest BCUT2D eigenvalue weighted by atomic mass is 32.1. The Kier molecular flexibility index (Phi) is 3.11. The van der Waals surface area contributed by atoms with Crippen molar-refractivity contribution >= 4 is 25.1 Å². The van der Waals surface area contributed by atoms with E-state index in [2.05, 4.69) is 18.9 Å². The molecular formula is C12H20BNS. The van der Waals surface area contributed by atoms with Gasteiger partial charge in [-0.1, -0.05) is 37.3 Å². The molecule has 82 valence electrons. The van der Waals surface area contributed by atoms with Crippen molar-refractivity contribution in [1.82, 2.24) is 4.90 Å². The van der Waals surface area contributed by atoms with Crippen molar-refractivity contribution in [3.63, 3.8) is 0 Å². The van der Waals surface area contributed by atoms with Gasteiger partial charge in [0.2, 0.25) is 0 Å². The topological polar surface area (TPSA) is 3.24 Å². The summed E-state index contributed by atoms with van der Waals surface area (Å²) in [6.45, 7) is 3.33. The number of fused-ring (bicyclic) bond motifs is 1. The fraction of sp³-hybridized carbons (Fsp3) is 0.917. The van der Waals surface area contributed by atoms with Crippen molar-refractivity contribution in [2.75, 3.05) is 13.6 Å². The number of hydrogen-bond donors (Lipinski definition) is 0. The third-order valence-corrected chi connectivity index (χ3v) is 4.82. The molecule has 0 aromatic rings. The predicted octanol–water partition coefficient (Wildman–Crippen LogP) is 2.80. The Balaban J connectivity index is 2.10. The molecule has 2 radical (unpaired) electrons.